The van der Waals surface area contributed by atoms with Crippen LogP contribution in [0.1, 0.15) is 247 Å². The van der Waals surface area contributed by atoms with E-state index in [-0.39, 0.29) is 52.9 Å². The van der Waals surface area contributed by atoms with Crippen LogP contribution < -0.4 is 19.9 Å². The number of imide groups is 1. The summed E-state index contributed by atoms with van der Waals surface area (Å²) in [6.07, 6.45) is 29.0. The van der Waals surface area contributed by atoms with Gasteiger partial charge in [0.2, 0.25) is 17.7 Å². The lowest BCUT2D eigenvalue weighted by molar-refractivity contribution is -0.135. The maximum absolute atomic E-state index is 16.1. The Balaban J connectivity index is 0.000000210. The van der Waals surface area contributed by atoms with Crippen LogP contribution >= 0.6 is 0 Å². The van der Waals surface area contributed by atoms with E-state index >= 15 is 4.39 Å². The van der Waals surface area contributed by atoms with Crippen molar-refractivity contribution in [3.63, 3.8) is 0 Å². The van der Waals surface area contributed by atoms with E-state index in [2.05, 4.69) is 90.7 Å². The number of ether oxygens (including phenoxy) is 2. The second kappa shape index (κ2) is 36.8. The first-order valence-corrected chi connectivity index (χ1v) is 36.2. The van der Waals surface area contributed by atoms with Gasteiger partial charge in [0.15, 0.2) is 5.82 Å². The number of aryl methyl sites for hydroxylation is 2. The minimum atomic E-state index is -0.656. The van der Waals surface area contributed by atoms with Crippen LogP contribution in [-0.2, 0) is 30.3 Å². The van der Waals surface area contributed by atoms with Crippen LogP contribution in [0.15, 0.2) is 48.7 Å². The van der Waals surface area contributed by atoms with Crippen LogP contribution in [-0.4, -0.2) is 108 Å². The van der Waals surface area contributed by atoms with Crippen LogP contribution in [0, 0.1) is 47.1 Å². The molecule has 4 aliphatic heterocycles. The maximum Gasteiger partial charge on any atom is 0.318 e. The van der Waals surface area contributed by atoms with Gasteiger partial charge >= 0.3 is 6.01 Å². The highest BCUT2D eigenvalue weighted by Crippen LogP contribution is 2.53. The van der Waals surface area contributed by atoms with E-state index in [9.17, 15) is 23.9 Å². The van der Waals surface area contributed by atoms with E-state index in [1.165, 1.54) is 147 Å². The molecule has 2 N–H and O–H groups in total. The molecule has 2 aromatic heterocycles. The Bertz CT molecular complexity index is 3240. The van der Waals surface area contributed by atoms with Crippen LogP contribution in [0.2, 0.25) is 0 Å². The second-order valence-corrected chi connectivity index (χ2v) is 27.9. The number of carbonyl (C=O) groups is 4. The summed E-state index contributed by atoms with van der Waals surface area (Å²) in [7, 11) is 3.26. The number of aromatic nitrogens is 3. The molecule has 6 heterocycles. The zero-order valence-corrected chi connectivity index (χ0v) is 60.2. The number of carbonyl (C=O) groups excluding carboxylic acids is 4. The Hall–Kier alpha value is -6.13. The number of benzene rings is 3. The zero-order valence-electron chi connectivity index (χ0n) is 60.2. The van der Waals surface area contributed by atoms with Crippen molar-refractivity contribution in [2.24, 2.45) is 28.6 Å². The van der Waals surface area contributed by atoms with Crippen molar-refractivity contribution in [3.05, 3.63) is 77.0 Å². The van der Waals surface area contributed by atoms with Crippen molar-refractivity contribution in [1.82, 2.24) is 25.2 Å². The molecular formula is C78H117F2N7O7. The van der Waals surface area contributed by atoms with Crippen molar-refractivity contribution in [3.8, 4) is 23.0 Å². The van der Waals surface area contributed by atoms with Gasteiger partial charge in [-0.05, 0) is 191 Å². The Labute approximate surface area is 562 Å². The van der Waals surface area contributed by atoms with Gasteiger partial charge in [-0.25, -0.2) is 8.78 Å². The minimum absolute atomic E-state index is 0.000485. The molecule has 6 atom stereocenters. The summed E-state index contributed by atoms with van der Waals surface area (Å²) in [6.45, 7) is 31.4. The average molecular weight is 1300 g/mol. The Kier molecular flexibility index (Phi) is 30.1. The summed E-state index contributed by atoms with van der Waals surface area (Å²) >= 11 is 0. The number of anilines is 2. The predicted molar refractivity (Wildman–Crippen MR) is 380 cm³/mol. The quantitative estimate of drug-likeness (QED) is 0.0498. The Morgan fingerprint density at radius 3 is 2.16 bits per heavy atom. The molecule has 0 bridgehead atoms. The van der Waals surface area contributed by atoms with Crippen LogP contribution in [0.5, 0.6) is 11.8 Å². The van der Waals surface area contributed by atoms with Gasteiger partial charge in [-0.1, -0.05) is 139 Å². The summed E-state index contributed by atoms with van der Waals surface area (Å²) in [4.78, 5) is 65.2. The molecule has 11 rings (SSSR count). The van der Waals surface area contributed by atoms with E-state index in [1.807, 2.05) is 40.9 Å². The number of aldehydes is 1. The lowest BCUT2D eigenvalue weighted by Gasteiger charge is -2.56. The molecule has 520 valence electrons. The number of hydrogen-bond acceptors (Lipinski definition) is 12. The highest BCUT2D eigenvalue weighted by Gasteiger charge is 2.48. The highest BCUT2D eigenvalue weighted by molar-refractivity contribution is 6.07. The summed E-state index contributed by atoms with van der Waals surface area (Å²) in [5.41, 5.74) is 5.08. The molecule has 3 aromatic carbocycles. The summed E-state index contributed by atoms with van der Waals surface area (Å²) in [5, 5.41) is 14.4. The molecule has 16 heteroatoms. The number of amides is 3. The highest BCUT2D eigenvalue weighted by atomic mass is 19.1. The van der Waals surface area contributed by atoms with Crippen molar-refractivity contribution in [2.45, 2.75) is 262 Å². The predicted octanol–water partition coefficient (Wildman–Crippen LogP) is 18.2. The maximum atomic E-state index is 16.1. The number of nitrogens with zero attached hydrogens (tertiary/aromatic N) is 6. The number of halogens is 2. The minimum Gasteiger partial charge on any atom is -0.508 e. The molecule has 14 nitrogen and oxygen atoms in total. The molecule has 5 aromatic rings. The van der Waals surface area contributed by atoms with Crippen molar-refractivity contribution in [1.29, 1.82) is 0 Å². The lowest BCUT2D eigenvalue weighted by Crippen LogP contribution is -2.60. The molecule has 1 spiro atoms. The van der Waals surface area contributed by atoms with E-state index in [0.29, 0.717) is 63.7 Å². The van der Waals surface area contributed by atoms with Gasteiger partial charge in [0.25, 0.3) is 0 Å². The third-order valence-corrected chi connectivity index (χ3v) is 21.0. The van der Waals surface area contributed by atoms with Gasteiger partial charge in [-0.15, -0.1) is 0 Å². The second-order valence-electron chi connectivity index (χ2n) is 27.9. The number of fused-ring (bicyclic) bond motifs is 3. The van der Waals surface area contributed by atoms with Crippen molar-refractivity contribution in [2.75, 3.05) is 50.3 Å². The fraction of sp³-hybridized carbons (Fsp3) is 0.654. The standard InChI is InChI=1S/C26H24F2N4O2.C25H38N2O3.C14H28.C9H17NO.C2H4O.C2H6/c1-3-16-19(27)6-5-14-9-15(33)10-17(20(14)16)22-21(28)23-18(11-29-22)24(31-25(30-23)34-2)32-12-26(13-32)7-4-8-26;1-6-9-19(11-10-17(4)7-2)20-12-13-21(18(5)16-20)27(24(29)8-3)22-14-15-23(28)26-25(22)30;1-5-8-14(10-13(4)11-14)9-7-12(3)6-2;1-11-7-9-5-4-8-3-2-6-10(8)9;1-2-3;1-2/h5-6,9-11,33H,3-4,7-8,12-13H2,1-2H3;12-13,16-17,19,22H,6-11,14-15H2,1-5H3,(H,26,28,30);12-13H,5-11H2,1-4H3;8-9H,2-7H2,1H3;2H,1H3;1-2H3. The smallest absolute Gasteiger partial charge is 0.318 e. The normalized spacial score (nSPS) is 21.6. The van der Waals surface area contributed by atoms with Gasteiger partial charge in [0, 0.05) is 68.0 Å². The van der Waals surface area contributed by atoms with Crippen molar-refractivity contribution >= 4 is 57.2 Å². The van der Waals surface area contributed by atoms with E-state index in [0.717, 1.165) is 85.3 Å². The van der Waals surface area contributed by atoms with Gasteiger partial charge in [0.05, 0.1) is 19.1 Å². The fourth-order valence-electron chi connectivity index (χ4n) is 15.6. The third kappa shape index (κ3) is 19.1. The fourth-order valence-corrected chi connectivity index (χ4v) is 15.6. The number of hydrogen-bond donors (Lipinski definition) is 2. The number of pyridine rings is 1. The largest absolute Gasteiger partial charge is 0.508 e. The first kappa shape index (κ1) is 76.9. The van der Waals surface area contributed by atoms with Crippen molar-refractivity contribution < 1.29 is 42.5 Å². The molecular weight excluding hydrogens is 1180 g/mol. The molecule has 2 aliphatic carbocycles. The number of phenols is 1. The van der Waals surface area contributed by atoms with E-state index < -0.39 is 11.9 Å². The third-order valence-electron chi connectivity index (χ3n) is 21.0. The molecule has 0 radical (unpaired) electrons. The molecule has 6 unspecified atom stereocenters. The average Bonchev–Trinajstić information content (AvgIpc) is 0.850. The topological polar surface area (TPSA) is 167 Å². The number of nitrogens with one attached hydrogen (secondary N) is 1. The Morgan fingerprint density at radius 1 is 0.872 bits per heavy atom. The lowest BCUT2D eigenvalue weighted by atomic mass is 9.58. The summed E-state index contributed by atoms with van der Waals surface area (Å²) in [6, 6.07) is 13.3. The number of aromatic hydroxyl groups is 1. The molecule has 2 saturated carbocycles. The SMILES string of the molecule is CC.CC=O.CCCC(CCC(C)CC)c1ccc(N(C(=O)CC)C2CCC(=O)NC2=O)c(C)c1.CCCC1(CCC(C)CC)CC(C)C1.CCc1c(F)ccc2cc(O)cc(-c3ncc4c(N5CC6(CCC6)C5)nc(OC)nc4c3F)c12.COCC1CCC2CCCN21. The summed E-state index contributed by atoms with van der Waals surface area (Å²) in [5.74, 6) is 1.99. The van der Waals surface area contributed by atoms with Crippen LogP contribution in [0.25, 0.3) is 32.9 Å². The van der Waals surface area contributed by atoms with Gasteiger partial charge in [-0.2, -0.15) is 9.97 Å². The molecule has 3 amide bonds. The molecule has 4 saturated heterocycles. The number of piperidine rings is 1. The summed E-state index contributed by atoms with van der Waals surface area (Å²) < 4.78 is 41.2. The van der Waals surface area contributed by atoms with Crippen LogP contribution in [0.3, 0.4) is 0 Å². The molecule has 6 fully saturated rings. The van der Waals surface area contributed by atoms with E-state index in [1.54, 1.807) is 30.2 Å². The number of rotatable bonds is 22. The van der Waals surface area contributed by atoms with Gasteiger partial charge in [-0.3, -0.25) is 34.5 Å². The van der Waals surface area contributed by atoms with Crippen LogP contribution in [0.4, 0.5) is 20.3 Å². The van der Waals surface area contributed by atoms with E-state index in [4.69, 9.17) is 14.3 Å². The monoisotopic (exact) mass is 1300 g/mol. The number of methoxy groups -OCH3 is 2. The van der Waals surface area contributed by atoms with Gasteiger partial charge in [0.1, 0.15) is 40.9 Å². The molecule has 6 aliphatic rings. The molecule has 94 heavy (non-hydrogen) atoms. The first-order chi connectivity index (χ1) is 45.2. The first-order valence-electron chi connectivity index (χ1n) is 36.2. The number of phenolic OH excluding ortho intramolecular Hbond substituents is 1. The Morgan fingerprint density at radius 2 is 1.57 bits per heavy atom. The zero-order chi connectivity index (χ0) is 68.9. The van der Waals surface area contributed by atoms with Gasteiger partial charge < -0.3 is 24.3 Å².